The molecule has 2 aromatic rings. The monoisotopic (exact) mass is 470 g/mol. The minimum Gasteiger partial charge on any atom is -0.507 e. The highest BCUT2D eigenvalue weighted by Gasteiger charge is 2.16. The van der Waals surface area contributed by atoms with Crippen molar-refractivity contribution in [1.82, 2.24) is 0 Å². The molecular weight excluding hydrogens is 428 g/mol. The number of aromatic hydroxyl groups is 1. The summed E-state index contributed by atoms with van der Waals surface area (Å²) in [6.45, 7) is 4.11. The van der Waals surface area contributed by atoms with Crippen LogP contribution in [0.5, 0.6) is 11.5 Å². The van der Waals surface area contributed by atoms with E-state index in [9.17, 15) is 9.90 Å². The fourth-order valence-corrected chi connectivity index (χ4v) is 3.97. The van der Waals surface area contributed by atoms with Gasteiger partial charge in [-0.15, -0.1) is 0 Å². The van der Waals surface area contributed by atoms with E-state index >= 15 is 0 Å². The summed E-state index contributed by atoms with van der Waals surface area (Å²) in [5.41, 5.74) is 0.845. The summed E-state index contributed by atoms with van der Waals surface area (Å²) >= 11 is 0. The number of hydrogen-bond acceptors (Lipinski definition) is 5. The first kappa shape index (κ1) is 27.7. The molecule has 5 heteroatoms. The zero-order valence-electron chi connectivity index (χ0n) is 21.2. The Kier molecular flexibility index (Phi) is 13.2. The molecule has 0 aliphatic carbocycles. The molecular formula is C29H42O5. The van der Waals surface area contributed by atoms with E-state index in [0.717, 1.165) is 25.7 Å². The molecule has 0 aliphatic rings. The Morgan fingerprint density at radius 2 is 1.62 bits per heavy atom. The molecule has 5 nitrogen and oxygen atoms in total. The Morgan fingerprint density at radius 1 is 0.941 bits per heavy atom. The highest BCUT2D eigenvalue weighted by Crippen LogP contribution is 2.33. The predicted molar refractivity (Wildman–Crippen MR) is 140 cm³/mol. The van der Waals surface area contributed by atoms with E-state index in [-0.39, 0.29) is 23.4 Å². The van der Waals surface area contributed by atoms with Crippen LogP contribution in [0, 0.1) is 6.92 Å². The smallest absolute Gasteiger partial charge is 0.196 e. The lowest BCUT2D eigenvalue weighted by Crippen LogP contribution is -2.06. The van der Waals surface area contributed by atoms with E-state index in [4.69, 9.17) is 13.9 Å². The highest BCUT2D eigenvalue weighted by molar-refractivity contribution is 5.87. The van der Waals surface area contributed by atoms with Crippen LogP contribution in [0.3, 0.4) is 0 Å². The van der Waals surface area contributed by atoms with Crippen LogP contribution >= 0.6 is 0 Å². The second-order valence-electron chi connectivity index (χ2n) is 8.83. The molecule has 0 atom stereocenters. The van der Waals surface area contributed by atoms with Gasteiger partial charge in [-0.3, -0.25) is 4.79 Å². The Morgan fingerprint density at radius 3 is 2.32 bits per heavy atom. The van der Waals surface area contributed by atoms with Crippen molar-refractivity contribution in [2.45, 2.75) is 90.9 Å². The molecule has 0 unspecified atom stereocenters. The number of allylic oxidation sites excluding steroid dienone is 4. The molecule has 1 aromatic heterocycles. The largest absolute Gasteiger partial charge is 0.507 e. The van der Waals surface area contributed by atoms with E-state index in [1.54, 1.807) is 0 Å². The summed E-state index contributed by atoms with van der Waals surface area (Å²) in [7, 11) is 1.53. The number of unbranched alkanes of at least 4 members (excludes halogenated alkanes) is 8. The lowest BCUT2D eigenvalue weighted by Gasteiger charge is -2.12. The number of aryl methyl sites for hydroxylation is 2. The van der Waals surface area contributed by atoms with Crippen LogP contribution in [0.2, 0.25) is 0 Å². The van der Waals surface area contributed by atoms with Crippen molar-refractivity contribution in [2.24, 2.45) is 0 Å². The summed E-state index contributed by atoms with van der Waals surface area (Å²) in [6, 6.07) is 2.94. The quantitative estimate of drug-likeness (QED) is 0.145. The van der Waals surface area contributed by atoms with Gasteiger partial charge in [0.1, 0.15) is 28.2 Å². The number of phenolic OH excluding ortho intramolecular Hbond substituents is 1. The molecule has 0 amide bonds. The van der Waals surface area contributed by atoms with Crippen molar-refractivity contribution in [1.29, 1.82) is 0 Å². The van der Waals surface area contributed by atoms with Gasteiger partial charge in [-0.2, -0.15) is 0 Å². The fraction of sp³-hybridized carbons (Fsp3) is 0.552. The predicted octanol–water partition coefficient (Wildman–Crippen LogP) is 7.76. The van der Waals surface area contributed by atoms with E-state index in [1.165, 1.54) is 64.2 Å². The molecule has 0 bridgehead atoms. The highest BCUT2D eigenvalue weighted by atomic mass is 16.7. The maximum Gasteiger partial charge on any atom is 0.196 e. The van der Waals surface area contributed by atoms with Gasteiger partial charge in [0.15, 0.2) is 12.2 Å². The molecule has 2 rings (SSSR count). The van der Waals surface area contributed by atoms with Crippen LogP contribution in [0.1, 0.15) is 88.9 Å². The molecule has 0 fully saturated rings. The molecule has 188 valence electrons. The molecule has 1 N–H and O–H groups in total. The molecule has 1 heterocycles. The Hall–Kier alpha value is -2.53. The average Bonchev–Trinajstić information content (AvgIpc) is 2.82. The molecule has 0 spiro atoms. The topological polar surface area (TPSA) is 68.9 Å². The van der Waals surface area contributed by atoms with Crippen molar-refractivity contribution in [3.8, 4) is 11.5 Å². The van der Waals surface area contributed by atoms with Crippen molar-refractivity contribution in [3.63, 3.8) is 0 Å². The summed E-state index contributed by atoms with van der Waals surface area (Å²) in [5, 5.41) is 10.5. The summed E-state index contributed by atoms with van der Waals surface area (Å²) < 4.78 is 16.4. The first-order valence-electron chi connectivity index (χ1n) is 12.8. The maximum atomic E-state index is 12.6. The third-order valence-electron chi connectivity index (χ3n) is 5.94. The summed E-state index contributed by atoms with van der Waals surface area (Å²) in [6.07, 6.45) is 22.8. The SMILES string of the molecule is CCCCC/C=C\C/C=C\CCCCCCCc1cc(=O)c2c(O)cc(OCOC)c(C)c2o1. The van der Waals surface area contributed by atoms with Crippen molar-refractivity contribution >= 4 is 11.0 Å². The van der Waals surface area contributed by atoms with Crippen molar-refractivity contribution in [3.05, 3.63) is 58.0 Å². The second kappa shape index (κ2) is 16.2. The van der Waals surface area contributed by atoms with Gasteiger partial charge in [-0.25, -0.2) is 0 Å². The van der Waals surface area contributed by atoms with E-state index in [0.29, 0.717) is 29.1 Å². The van der Waals surface area contributed by atoms with Gasteiger partial charge in [-0.1, -0.05) is 63.3 Å². The van der Waals surface area contributed by atoms with Gasteiger partial charge < -0.3 is 19.0 Å². The molecule has 0 saturated heterocycles. The average molecular weight is 471 g/mol. The minimum atomic E-state index is -0.224. The molecule has 0 aliphatic heterocycles. The number of ether oxygens (including phenoxy) is 2. The third-order valence-corrected chi connectivity index (χ3v) is 5.94. The number of benzene rings is 1. The number of phenols is 1. The van der Waals surface area contributed by atoms with E-state index < -0.39 is 0 Å². The second-order valence-corrected chi connectivity index (χ2v) is 8.83. The number of rotatable bonds is 17. The van der Waals surface area contributed by atoms with Crippen molar-refractivity contribution < 1.29 is 19.0 Å². The van der Waals surface area contributed by atoms with Crippen LogP contribution in [0.15, 0.2) is 45.6 Å². The zero-order valence-corrected chi connectivity index (χ0v) is 21.2. The van der Waals surface area contributed by atoms with Gasteiger partial charge >= 0.3 is 0 Å². The van der Waals surface area contributed by atoms with Crippen LogP contribution in [0.25, 0.3) is 11.0 Å². The van der Waals surface area contributed by atoms with Gasteiger partial charge in [-0.05, 0) is 45.4 Å². The van der Waals surface area contributed by atoms with Crippen LogP contribution < -0.4 is 10.2 Å². The van der Waals surface area contributed by atoms with Crippen molar-refractivity contribution in [2.75, 3.05) is 13.9 Å². The fourth-order valence-electron chi connectivity index (χ4n) is 3.97. The van der Waals surface area contributed by atoms with Gasteiger partial charge in [0.2, 0.25) is 0 Å². The zero-order chi connectivity index (χ0) is 24.6. The first-order chi connectivity index (χ1) is 16.6. The Balaban J connectivity index is 1.71. The summed E-state index contributed by atoms with van der Waals surface area (Å²) in [5.74, 6) is 0.961. The molecule has 0 saturated carbocycles. The normalized spacial score (nSPS) is 11.9. The standard InChI is InChI=1S/C29H42O5/c1-4-5-6-7-8-9-10-11-12-13-14-15-16-17-18-19-24-20-25(30)28-26(31)21-27(33-22-32-3)23(2)29(28)34-24/h8-9,11-12,20-21,31H,4-7,10,13-19,22H2,1-3H3/b9-8-,12-11-. The Labute approximate surface area is 204 Å². The Bertz CT molecular complexity index is 971. The molecule has 1 aromatic carbocycles. The third kappa shape index (κ3) is 9.38. The van der Waals surface area contributed by atoms with Gasteiger partial charge in [0, 0.05) is 31.2 Å². The molecule has 34 heavy (non-hydrogen) atoms. The lowest BCUT2D eigenvalue weighted by molar-refractivity contribution is 0.0505. The van der Waals surface area contributed by atoms with Crippen LogP contribution in [-0.2, 0) is 11.2 Å². The first-order valence-corrected chi connectivity index (χ1v) is 12.8. The number of fused-ring (bicyclic) bond motifs is 1. The number of methoxy groups -OCH3 is 1. The number of hydrogen-bond donors (Lipinski definition) is 1. The maximum absolute atomic E-state index is 12.6. The van der Waals surface area contributed by atoms with Crippen LogP contribution in [-0.4, -0.2) is 19.0 Å². The van der Waals surface area contributed by atoms with E-state index in [2.05, 4.69) is 31.2 Å². The molecule has 0 radical (unpaired) electrons. The summed E-state index contributed by atoms with van der Waals surface area (Å²) in [4.78, 5) is 12.6. The van der Waals surface area contributed by atoms with E-state index in [1.807, 2.05) is 6.92 Å². The minimum absolute atomic E-state index is 0.0572. The van der Waals surface area contributed by atoms with Gasteiger partial charge in [0.25, 0.3) is 0 Å². The lowest BCUT2D eigenvalue weighted by atomic mass is 10.1. The van der Waals surface area contributed by atoms with Crippen LogP contribution in [0.4, 0.5) is 0 Å². The van der Waals surface area contributed by atoms with Gasteiger partial charge in [0.05, 0.1) is 0 Å².